The van der Waals surface area contributed by atoms with Gasteiger partial charge in [0.1, 0.15) is 0 Å². The van der Waals surface area contributed by atoms with Crippen molar-refractivity contribution in [1.29, 1.82) is 0 Å². The summed E-state index contributed by atoms with van der Waals surface area (Å²) in [4.78, 5) is 0. The average Bonchev–Trinajstić information content (AvgIpc) is 1.86. The number of nitrogens with zero attached hydrogens (tertiary/aromatic N) is 1. The third-order valence-electron chi connectivity index (χ3n) is 0.606. The van der Waals surface area contributed by atoms with Crippen molar-refractivity contribution in [2.45, 2.75) is 0 Å². The molecule has 1 aliphatic rings. The molecular formula is C2H2N2S4. The molecule has 1 aliphatic heterocycles. The Labute approximate surface area is 62.2 Å². The lowest BCUT2D eigenvalue weighted by Gasteiger charge is -1.91. The van der Waals surface area contributed by atoms with E-state index >= 15 is 0 Å². The summed E-state index contributed by atoms with van der Waals surface area (Å²) >= 11 is 14.5. The second-order valence-corrected chi connectivity index (χ2v) is 7.34. The summed E-state index contributed by atoms with van der Waals surface area (Å²) < 4.78 is 0.516. The first-order valence-corrected chi connectivity index (χ1v) is 5.66. The van der Waals surface area contributed by atoms with E-state index in [4.69, 9.17) is 34.6 Å². The van der Waals surface area contributed by atoms with Crippen molar-refractivity contribution in [1.82, 2.24) is 5.43 Å². The minimum atomic E-state index is -1.63. The fourth-order valence-corrected chi connectivity index (χ4v) is 1.39. The van der Waals surface area contributed by atoms with Crippen molar-refractivity contribution >= 4 is 51.6 Å². The Bertz CT molecular complexity index is 235. The Hall–Kier alpha value is 0.350. The minimum Gasteiger partial charge on any atom is -0.261 e. The van der Waals surface area contributed by atoms with Crippen LogP contribution >= 0.6 is 12.2 Å². The summed E-state index contributed by atoms with van der Waals surface area (Å²) in [6.45, 7) is 0. The van der Waals surface area contributed by atoms with Crippen LogP contribution in [0.3, 0.4) is 0 Å². The fourth-order valence-electron chi connectivity index (χ4n) is 0.260. The molecule has 0 saturated carbocycles. The summed E-state index contributed by atoms with van der Waals surface area (Å²) in [6, 6.07) is 0. The maximum absolute atomic E-state index is 4.88. The quantitative estimate of drug-likeness (QED) is 0.529. The van der Waals surface area contributed by atoms with Crippen LogP contribution in [0.5, 0.6) is 0 Å². The molecule has 1 heterocycles. The molecule has 0 amide bonds. The Morgan fingerprint density at radius 3 is 2.38 bits per heavy atom. The predicted molar refractivity (Wildman–Crippen MR) is 46.3 cm³/mol. The van der Waals surface area contributed by atoms with Crippen LogP contribution in [-0.2, 0) is 29.5 Å². The van der Waals surface area contributed by atoms with Crippen LogP contribution in [-0.4, -0.2) is 9.87 Å². The summed E-state index contributed by atoms with van der Waals surface area (Å²) in [7, 11) is -1.63. The third kappa shape index (κ3) is 1.02. The lowest BCUT2D eigenvalue weighted by atomic mass is 11.5. The minimum absolute atomic E-state index is 0.516. The monoisotopic (exact) mass is 182 g/mol. The van der Waals surface area contributed by atoms with E-state index in [1.165, 1.54) is 5.55 Å². The summed E-state index contributed by atoms with van der Waals surface area (Å²) in [5.41, 5.74) is 4.07. The van der Waals surface area contributed by atoms with Gasteiger partial charge in [-0.25, -0.2) is 0 Å². The molecule has 0 saturated heterocycles. The summed E-state index contributed by atoms with van der Waals surface area (Å²) in [6.07, 6.45) is 0. The molecule has 0 unspecified atom stereocenters. The van der Waals surface area contributed by atoms with Crippen molar-refractivity contribution in [3.05, 3.63) is 0 Å². The number of hydrazone groups is 1. The molecule has 6 heteroatoms. The van der Waals surface area contributed by atoms with Crippen LogP contribution in [0.4, 0.5) is 0 Å². The van der Waals surface area contributed by atoms with Crippen LogP contribution in [0.1, 0.15) is 0 Å². The van der Waals surface area contributed by atoms with Gasteiger partial charge in [-0.05, 0) is 22.4 Å². The molecule has 0 fully saturated rings. The SMILES string of the molecule is S=C1NN=CS1(=S)=S. The largest absolute Gasteiger partial charge is 0.261 e. The van der Waals surface area contributed by atoms with Gasteiger partial charge >= 0.3 is 0 Å². The average molecular weight is 182 g/mol. The van der Waals surface area contributed by atoms with Gasteiger partial charge in [-0.2, -0.15) is 5.10 Å². The first-order chi connectivity index (χ1) is 3.63. The van der Waals surface area contributed by atoms with E-state index in [2.05, 4.69) is 10.5 Å². The zero-order valence-corrected chi connectivity index (χ0v) is 6.92. The summed E-state index contributed by atoms with van der Waals surface area (Å²) in [5, 5.41) is 3.63. The topological polar surface area (TPSA) is 24.4 Å². The molecule has 0 radical (unpaired) electrons. The van der Waals surface area contributed by atoms with E-state index in [9.17, 15) is 0 Å². The van der Waals surface area contributed by atoms with Crippen LogP contribution in [0.25, 0.3) is 0 Å². The molecule has 0 atom stereocenters. The van der Waals surface area contributed by atoms with E-state index in [0.717, 1.165) is 0 Å². The molecular weight excluding hydrogens is 180 g/mol. The van der Waals surface area contributed by atoms with E-state index in [1.54, 1.807) is 0 Å². The first kappa shape index (κ1) is 6.47. The molecule has 44 valence electrons. The highest BCUT2D eigenvalue weighted by Crippen LogP contribution is 1.95. The molecule has 1 N–H and O–H groups in total. The second kappa shape index (κ2) is 1.94. The van der Waals surface area contributed by atoms with Crippen LogP contribution in [0.2, 0.25) is 0 Å². The van der Waals surface area contributed by atoms with Crippen molar-refractivity contribution in [3.8, 4) is 0 Å². The number of hydrogen-bond acceptors (Lipinski definition) is 4. The Balaban J connectivity index is 3.19. The van der Waals surface area contributed by atoms with Crippen molar-refractivity contribution in [2.24, 2.45) is 5.10 Å². The van der Waals surface area contributed by atoms with Gasteiger partial charge in [-0.3, -0.25) is 5.43 Å². The molecule has 8 heavy (non-hydrogen) atoms. The van der Waals surface area contributed by atoms with Gasteiger partial charge in [0.25, 0.3) is 0 Å². The van der Waals surface area contributed by atoms with E-state index in [1.807, 2.05) is 0 Å². The zero-order valence-electron chi connectivity index (χ0n) is 3.66. The smallest absolute Gasteiger partial charge is 0.167 e. The normalized spacial score (nSPS) is 23.2. The van der Waals surface area contributed by atoms with Crippen molar-refractivity contribution in [3.63, 3.8) is 0 Å². The van der Waals surface area contributed by atoms with Crippen LogP contribution < -0.4 is 5.43 Å². The Kier molecular flexibility index (Phi) is 1.57. The molecule has 0 aromatic heterocycles. The molecule has 1 rings (SSSR count). The van der Waals surface area contributed by atoms with Gasteiger partial charge in [0.05, 0.1) is 5.55 Å². The van der Waals surface area contributed by atoms with Gasteiger partial charge in [0, 0.05) is 7.15 Å². The standard InChI is InChI=1S/C2H2N2S4/c5-2-4-3-1-8(2,6)7/h1H,(H,4,5). The first-order valence-electron chi connectivity index (χ1n) is 1.71. The highest BCUT2D eigenvalue weighted by molar-refractivity contribution is 8.71. The van der Waals surface area contributed by atoms with Crippen LogP contribution in [0, 0.1) is 0 Å². The van der Waals surface area contributed by atoms with Gasteiger partial charge in [-0.1, -0.05) is 12.2 Å². The number of rotatable bonds is 0. The van der Waals surface area contributed by atoms with Crippen LogP contribution in [0.15, 0.2) is 5.10 Å². The lowest BCUT2D eigenvalue weighted by Crippen LogP contribution is -2.14. The Morgan fingerprint density at radius 2 is 2.25 bits per heavy atom. The maximum atomic E-state index is 4.88. The molecule has 0 bridgehead atoms. The number of thiocarbonyl (C=S) groups is 1. The zero-order chi connectivity index (χ0) is 6.20. The predicted octanol–water partition coefficient (Wildman–Crippen LogP) is -0.104. The molecule has 0 aromatic rings. The number of hydrogen-bond donors (Lipinski definition) is 1. The van der Waals surface area contributed by atoms with Gasteiger partial charge in [0.2, 0.25) is 0 Å². The second-order valence-electron chi connectivity index (χ2n) is 1.18. The Morgan fingerprint density at radius 1 is 1.62 bits per heavy atom. The molecule has 0 aromatic carbocycles. The highest BCUT2D eigenvalue weighted by Gasteiger charge is 2.10. The van der Waals surface area contributed by atoms with E-state index in [0.29, 0.717) is 4.32 Å². The number of nitrogens with one attached hydrogen (secondary N) is 1. The maximum Gasteiger partial charge on any atom is 0.167 e. The summed E-state index contributed by atoms with van der Waals surface area (Å²) in [5.74, 6) is 0. The van der Waals surface area contributed by atoms with E-state index < -0.39 is 7.15 Å². The van der Waals surface area contributed by atoms with E-state index in [-0.39, 0.29) is 0 Å². The van der Waals surface area contributed by atoms with Gasteiger partial charge in [0.15, 0.2) is 4.32 Å². The van der Waals surface area contributed by atoms with Crippen molar-refractivity contribution < 1.29 is 0 Å². The fraction of sp³-hybridized carbons (Fsp3) is 0. The third-order valence-corrected chi connectivity index (χ3v) is 4.63. The lowest BCUT2D eigenvalue weighted by molar-refractivity contribution is 1.09. The molecule has 0 spiro atoms. The molecule has 0 aliphatic carbocycles. The van der Waals surface area contributed by atoms with Gasteiger partial charge < -0.3 is 0 Å². The highest BCUT2D eigenvalue weighted by atomic mass is 33.1. The van der Waals surface area contributed by atoms with Gasteiger partial charge in [-0.15, -0.1) is 0 Å². The van der Waals surface area contributed by atoms with Crippen molar-refractivity contribution in [2.75, 3.05) is 0 Å². The molecule has 2 nitrogen and oxygen atoms in total.